The molecule has 1 spiro atoms. The zero-order chi connectivity index (χ0) is 14.3. The van der Waals surface area contributed by atoms with Crippen molar-refractivity contribution in [2.45, 2.75) is 33.6 Å². The van der Waals surface area contributed by atoms with Crippen molar-refractivity contribution in [3.05, 3.63) is 12.2 Å². The number of rotatable bonds is 3. The predicted octanol–water partition coefficient (Wildman–Crippen LogP) is 2.39. The van der Waals surface area contributed by atoms with Gasteiger partial charge in [-0.25, -0.2) is 0 Å². The lowest BCUT2D eigenvalue weighted by molar-refractivity contribution is -0.156. The fourth-order valence-corrected chi connectivity index (χ4v) is 3.25. The van der Waals surface area contributed by atoms with Gasteiger partial charge in [0.05, 0.1) is 0 Å². The van der Waals surface area contributed by atoms with E-state index >= 15 is 0 Å². The zero-order valence-electron chi connectivity index (χ0n) is 13.1. The summed E-state index contributed by atoms with van der Waals surface area (Å²) in [6.45, 7) is 9.77. The van der Waals surface area contributed by atoms with Crippen LogP contribution in [0, 0.1) is 16.7 Å². The molecule has 108 valence electrons. The third-order valence-corrected chi connectivity index (χ3v) is 4.68. The summed E-state index contributed by atoms with van der Waals surface area (Å²) in [5.41, 5.74) is 0.907. The number of hydrogen-bond donors (Lipinski definition) is 0. The fourth-order valence-electron chi connectivity index (χ4n) is 3.25. The highest BCUT2D eigenvalue weighted by Crippen LogP contribution is 2.57. The van der Waals surface area contributed by atoms with Gasteiger partial charge < -0.3 is 9.80 Å². The third kappa shape index (κ3) is 3.19. The Balaban J connectivity index is 1.73. The van der Waals surface area contributed by atoms with E-state index in [0.29, 0.717) is 10.8 Å². The average molecular weight is 264 g/mol. The second kappa shape index (κ2) is 4.93. The van der Waals surface area contributed by atoms with E-state index in [4.69, 9.17) is 0 Å². The molecule has 0 aromatic rings. The van der Waals surface area contributed by atoms with E-state index in [2.05, 4.69) is 25.7 Å². The van der Waals surface area contributed by atoms with Crippen LogP contribution in [0.3, 0.4) is 0 Å². The standard InChI is InChI=1S/C16H28N2O/c1-15(2,3)13-9-16(10-13)11-18(12-16)14(19)7-6-8-17(4)5/h6-7,13H,8-12H2,1-5H3/b7-6+. The smallest absolute Gasteiger partial charge is 0.246 e. The van der Waals surface area contributed by atoms with Crippen LogP contribution in [0.2, 0.25) is 0 Å². The minimum absolute atomic E-state index is 0.187. The van der Waals surface area contributed by atoms with Crippen LogP contribution < -0.4 is 0 Å². The highest BCUT2D eigenvalue weighted by molar-refractivity contribution is 5.88. The maximum absolute atomic E-state index is 11.9. The number of nitrogens with zero attached hydrogens (tertiary/aromatic N) is 2. The Kier molecular flexibility index (Phi) is 3.78. The Morgan fingerprint density at radius 3 is 2.37 bits per heavy atom. The summed E-state index contributed by atoms with van der Waals surface area (Å²) in [7, 11) is 4.02. The van der Waals surface area contributed by atoms with Crippen molar-refractivity contribution in [3.63, 3.8) is 0 Å². The van der Waals surface area contributed by atoms with Gasteiger partial charge in [-0.1, -0.05) is 26.8 Å². The summed E-state index contributed by atoms with van der Waals surface area (Å²) in [5, 5.41) is 0. The summed E-state index contributed by atoms with van der Waals surface area (Å²) in [6, 6.07) is 0. The van der Waals surface area contributed by atoms with Crippen molar-refractivity contribution >= 4 is 5.91 Å². The number of carbonyl (C=O) groups is 1. The van der Waals surface area contributed by atoms with Gasteiger partial charge >= 0.3 is 0 Å². The molecule has 1 saturated heterocycles. The molecule has 2 fully saturated rings. The van der Waals surface area contributed by atoms with E-state index in [1.807, 2.05) is 25.1 Å². The lowest BCUT2D eigenvalue weighted by atomic mass is 9.52. The molecule has 2 rings (SSSR count). The highest BCUT2D eigenvalue weighted by Gasteiger charge is 2.55. The number of hydrogen-bond acceptors (Lipinski definition) is 2. The zero-order valence-corrected chi connectivity index (χ0v) is 13.1. The first-order chi connectivity index (χ1) is 8.72. The number of likely N-dealkylation sites (tertiary alicyclic amines) is 1. The molecule has 1 heterocycles. The van der Waals surface area contributed by atoms with Gasteiger partial charge in [-0.05, 0) is 38.3 Å². The van der Waals surface area contributed by atoms with Gasteiger partial charge in [-0.2, -0.15) is 0 Å². The van der Waals surface area contributed by atoms with Gasteiger partial charge in [0.15, 0.2) is 0 Å². The van der Waals surface area contributed by atoms with Gasteiger partial charge in [0, 0.05) is 31.1 Å². The Morgan fingerprint density at radius 1 is 1.32 bits per heavy atom. The van der Waals surface area contributed by atoms with Crippen LogP contribution in [0.4, 0.5) is 0 Å². The summed E-state index contributed by atoms with van der Waals surface area (Å²) in [5.74, 6) is 1.03. The van der Waals surface area contributed by atoms with Crippen LogP contribution in [0.1, 0.15) is 33.6 Å². The van der Waals surface area contributed by atoms with Crippen LogP contribution >= 0.6 is 0 Å². The van der Waals surface area contributed by atoms with E-state index < -0.39 is 0 Å². The Morgan fingerprint density at radius 2 is 1.89 bits per heavy atom. The monoisotopic (exact) mass is 264 g/mol. The molecule has 0 bridgehead atoms. The van der Waals surface area contributed by atoms with Gasteiger partial charge in [0.1, 0.15) is 0 Å². The molecular formula is C16H28N2O. The maximum atomic E-state index is 11.9. The van der Waals surface area contributed by atoms with Gasteiger partial charge in [-0.15, -0.1) is 0 Å². The van der Waals surface area contributed by atoms with E-state index in [9.17, 15) is 4.79 Å². The third-order valence-electron chi connectivity index (χ3n) is 4.68. The minimum atomic E-state index is 0.187. The molecule has 0 aromatic carbocycles. The molecule has 0 atom stereocenters. The molecule has 0 unspecified atom stereocenters. The fraction of sp³-hybridized carbons (Fsp3) is 0.812. The van der Waals surface area contributed by atoms with E-state index in [-0.39, 0.29) is 5.91 Å². The largest absolute Gasteiger partial charge is 0.338 e. The second-order valence-electron chi connectivity index (χ2n) is 7.83. The molecule has 0 radical (unpaired) electrons. The van der Waals surface area contributed by atoms with Crippen molar-refractivity contribution in [3.8, 4) is 0 Å². The average Bonchev–Trinajstić information content (AvgIpc) is 2.09. The SMILES string of the molecule is CN(C)C/C=C/C(=O)N1CC2(CC(C(C)(C)C)C2)C1. The van der Waals surface area contributed by atoms with Crippen LogP contribution in [0.5, 0.6) is 0 Å². The molecule has 1 amide bonds. The number of carbonyl (C=O) groups excluding carboxylic acids is 1. The first-order valence-corrected chi connectivity index (χ1v) is 7.32. The first-order valence-electron chi connectivity index (χ1n) is 7.32. The number of likely N-dealkylation sites (N-methyl/N-ethyl adjacent to an activating group) is 1. The molecule has 3 heteroatoms. The Bertz CT molecular complexity index is 365. The second-order valence-corrected chi connectivity index (χ2v) is 7.83. The topological polar surface area (TPSA) is 23.6 Å². The van der Waals surface area contributed by atoms with E-state index in [0.717, 1.165) is 25.6 Å². The number of amides is 1. The molecular weight excluding hydrogens is 236 g/mol. The molecule has 1 aliphatic heterocycles. The Labute approximate surface area is 117 Å². The van der Waals surface area contributed by atoms with Crippen molar-refractivity contribution in [1.82, 2.24) is 9.80 Å². The molecule has 0 N–H and O–H groups in total. The molecule has 1 aliphatic carbocycles. The summed E-state index contributed by atoms with van der Waals surface area (Å²) in [4.78, 5) is 16.0. The van der Waals surface area contributed by atoms with Gasteiger partial charge in [0.25, 0.3) is 0 Å². The quantitative estimate of drug-likeness (QED) is 0.731. The summed E-state index contributed by atoms with van der Waals surface area (Å²) >= 11 is 0. The van der Waals surface area contributed by atoms with Crippen LogP contribution in [0.15, 0.2) is 12.2 Å². The van der Waals surface area contributed by atoms with Crippen molar-refractivity contribution in [1.29, 1.82) is 0 Å². The van der Waals surface area contributed by atoms with Crippen molar-refractivity contribution in [2.75, 3.05) is 33.7 Å². The lowest BCUT2D eigenvalue weighted by Crippen LogP contribution is -2.64. The molecule has 2 aliphatic rings. The lowest BCUT2D eigenvalue weighted by Gasteiger charge is -2.61. The highest BCUT2D eigenvalue weighted by atomic mass is 16.2. The maximum Gasteiger partial charge on any atom is 0.246 e. The van der Waals surface area contributed by atoms with E-state index in [1.54, 1.807) is 6.08 Å². The molecule has 19 heavy (non-hydrogen) atoms. The first kappa shape index (κ1) is 14.6. The van der Waals surface area contributed by atoms with E-state index in [1.165, 1.54) is 12.8 Å². The minimum Gasteiger partial charge on any atom is -0.338 e. The summed E-state index contributed by atoms with van der Waals surface area (Å²) < 4.78 is 0. The van der Waals surface area contributed by atoms with Crippen LogP contribution in [-0.4, -0.2) is 49.4 Å². The van der Waals surface area contributed by atoms with Crippen LogP contribution in [0.25, 0.3) is 0 Å². The summed E-state index contributed by atoms with van der Waals surface area (Å²) in [6.07, 6.45) is 6.29. The van der Waals surface area contributed by atoms with Gasteiger partial charge in [0.2, 0.25) is 5.91 Å². The molecule has 3 nitrogen and oxygen atoms in total. The normalized spacial score (nSPS) is 22.9. The Hall–Kier alpha value is -0.830. The van der Waals surface area contributed by atoms with Crippen LogP contribution in [-0.2, 0) is 4.79 Å². The molecule has 1 saturated carbocycles. The van der Waals surface area contributed by atoms with Crippen molar-refractivity contribution in [2.24, 2.45) is 16.7 Å². The van der Waals surface area contributed by atoms with Crippen molar-refractivity contribution < 1.29 is 4.79 Å². The van der Waals surface area contributed by atoms with Gasteiger partial charge in [-0.3, -0.25) is 4.79 Å². The predicted molar refractivity (Wildman–Crippen MR) is 78.9 cm³/mol. The molecule has 0 aromatic heterocycles.